The fourth-order valence-electron chi connectivity index (χ4n) is 1.45. The Morgan fingerprint density at radius 2 is 2.07 bits per heavy atom. The van der Waals surface area contributed by atoms with Crippen LogP contribution in [0.1, 0.15) is 10.4 Å². The van der Waals surface area contributed by atoms with E-state index in [1.54, 1.807) is 24.3 Å². The first-order valence-electron chi connectivity index (χ1n) is 4.31. The molecule has 1 aliphatic rings. The molecular weight excluding hydrogens is 218 g/mol. The zero-order valence-electron chi connectivity index (χ0n) is 7.88. The topological polar surface area (TPSA) is 46.6 Å². The van der Waals surface area contributed by atoms with E-state index in [9.17, 15) is 9.59 Å². The number of amides is 1. The lowest BCUT2D eigenvalue weighted by molar-refractivity contribution is 0.112. The number of halogens is 1. The normalized spacial score (nSPS) is 14.4. The zero-order chi connectivity index (χ0) is 9.97. The van der Waals surface area contributed by atoms with Crippen LogP contribution < -0.4 is 4.90 Å². The van der Waals surface area contributed by atoms with Crippen LogP contribution in [0.2, 0.25) is 0 Å². The summed E-state index contributed by atoms with van der Waals surface area (Å²) in [5, 5.41) is 0. The van der Waals surface area contributed by atoms with E-state index >= 15 is 0 Å². The minimum Gasteiger partial charge on any atom is -0.447 e. The molecule has 0 aromatic heterocycles. The first-order chi connectivity index (χ1) is 6.83. The van der Waals surface area contributed by atoms with Gasteiger partial charge >= 0.3 is 6.09 Å². The molecule has 0 unspecified atom stereocenters. The van der Waals surface area contributed by atoms with Crippen LogP contribution in [0.5, 0.6) is 0 Å². The van der Waals surface area contributed by atoms with Crippen molar-refractivity contribution in [2.75, 3.05) is 18.1 Å². The van der Waals surface area contributed by atoms with Crippen molar-refractivity contribution in [1.29, 1.82) is 0 Å². The van der Waals surface area contributed by atoms with Crippen molar-refractivity contribution in [3.8, 4) is 0 Å². The van der Waals surface area contributed by atoms with Crippen LogP contribution in [0.25, 0.3) is 0 Å². The highest BCUT2D eigenvalue weighted by Crippen LogP contribution is 2.21. The number of benzene rings is 1. The summed E-state index contributed by atoms with van der Waals surface area (Å²) >= 11 is 0. The van der Waals surface area contributed by atoms with Crippen molar-refractivity contribution >= 4 is 30.5 Å². The molecule has 0 spiro atoms. The molecule has 0 bridgehead atoms. The van der Waals surface area contributed by atoms with E-state index < -0.39 is 0 Å². The average Bonchev–Trinajstić information content (AvgIpc) is 2.64. The number of carbonyl (C=O) groups is 2. The molecule has 5 heteroatoms. The van der Waals surface area contributed by atoms with Gasteiger partial charge in [-0.15, -0.1) is 12.4 Å². The zero-order valence-corrected chi connectivity index (χ0v) is 8.70. The lowest BCUT2D eigenvalue weighted by Gasteiger charge is -2.13. The van der Waals surface area contributed by atoms with E-state index in [2.05, 4.69) is 0 Å². The predicted octanol–water partition coefficient (Wildman–Crippen LogP) is 1.88. The summed E-state index contributed by atoms with van der Waals surface area (Å²) < 4.78 is 4.79. The van der Waals surface area contributed by atoms with Gasteiger partial charge in [-0.25, -0.2) is 4.79 Å². The molecular formula is C10H10ClNO3. The number of carbonyl (C=O) groups excluding carboxylic acids is 2. The molecule has 1 heterocycles. The molecule has 1 amide bonds. The fraction of sp³-hybridized carbons (Fsp3) is 0.200. The number of hydrogen-bond acceptors (Lipinski definition) is 3. The minimum atomic E-state index is -0.390. The van der Waals surface area contributed by atoms with Gasteiger partial charge in [0.2, 0.25) is 0 Å². The largest absolute Gasteiger partial charge is 0.447 e. The molecule has 1 aliphatic heterocycles. The maximum Gasteiger partial charge on any atom is 0.414 e. The van der Waals surface area contributed by atoms with Crippen molar-refractivity contribution in [3.63, 3.8) is 0 Å². The van der Waals surface area contributed by atoms with E-state index in [1.807, 2.05) is 0 Å². The van der Waals surface area contributed by atoms with Crippen LogP contribution in [0.3, 0.4) is 0 Å². The molecule has 0 atom stereocenters. The molecule has 80 valence electrons. The highest BCUT2D eigenvalue weighted by molar-refractivity contribution is 5.95. The summed E-state index contributed by atoms with van der Waals surface area (Å²) in [6, 6.07) is 6.95. The van der Waals surface area contributed by atoms with Gasteiger partial charge in [0.25, 0.3) is 0 Å². The van der Waals surface area contributed by atoms with Gasteiger partial charge in [-0.3, -0.25) is 9.69 Å². The first-order valence-corrected chi connectivity index (χ1v) is 4.31. The van der Waals surface area contributed by atoms with Crippen molar-refractivity contribution in [2.24, 2.45) is 0 Å². The molecule has 4 nitrogen and oxygen atoms in total. The van der Waals surface area contributed by atoms with Gasteiger partial charge in [0.15, 0.2) is 6.29 Å². The van der Waals surface area contributed by atoms with Crippen LogP contribution in [-0.2, 0) is 4.74 Å². The average molecular weight is 228 g/mol. The molecule has 1 aromatic rings. The Hall–Kier alpha value is -1.55. The maximum atomic E-state index is 11.2. The minimum absolute atomic E-state index is 0. The SMILES string of the molecule is Cl.O=Cc1ccccc1N1CCOC1=O. The summed E-state index contributed by atoms with van der Waals surface area (Å²) in [5.41, 5.74) is 1.12. The van der Waals surface area contributed by atoms with Gasteiger partial charge in [-0.1, -0.05) is 12.1 Å². The van der Waals surface area contributed by atoms with Gasteiger partial charge < -0.3 is 4.74 Å². The van der Waals surface area contributed by atoms with Crippen LogP contribution >= 0.6 is 12.4 Å². The van der Waals surface area contributed by atoms with E-state index in [0.717, 1.165) is 6.29 Å². The number of nitrogens with zero attached hydrogens (tertiary/aromatic N) is 1. The molecule has 2 rings (SSSR count). The van der Waals surface area contributed by atoms with E-state index in [4.69, 9.17) is 4.74 Å². The Morgan fingerprint density at radius 3 is 2.67 bits per heavy atom. The van der Waals surface area contributed by atoms with Crippen molar-refractivity contribution in [3.05, 3.63) is 29.8 Å². The lowest BCUT2D eigenvalue weighted by atomic mass is 10.2. The summed E-state index contributed by atoms with van der Waals surface area (Å²) in [6.07, 6.45) is 0.348. The Morgan fingerprint density at radius 1 is 1.33 bits per heavy atom. The highest BCUT2D eigenvalue weighted by Gasteiger charge is 2.24. The Labute approximate surface area is 93.2 Å². The predicted molar refractivity (Wildman–Crippen MR) is 57.8 cm³/mol. The van der Waals surface area contributed by atoms with Gasteiger partial charge in [-0.2, -0.15) is 0 Å². The Bertz CT molecular complexity index is 381. The molecule has 0 saturated carbocycles. The third-order valence-corrected chi connectivity index (χ3v) is 2.12. The lowest BCUT2D eigenvalue weighted by Crippen LogP contribution is -2.24. The number of ether oxygens (including phenoxy) is 1. The van der Waals surface area contributed by atoms with Gasteiger partial charge in [0.1, 0.15) is 6.61 Å². The van der Waals surface area contributed by atoms with Crippen LogP contribution in [0, 0.1) is 0 Å². The number of hydrogen-bond donors (Lipinski definition) is 0. The van der Waals surface area contributed by atoms with Crippen LogP contribution in [-0.4, -0.2) is 25.5 Å². The third kappa shape index (κ3) is 2.10. The number of aldehydes is 1. The molecule has 15 heavy (non-hydrogen) atoms. The molecule has 0 N–H and O–H groups in total. The van der Waals surface area contributed by atoms with E-state index in [1.165, 1.54) is 4.90 Å². The molecule has 1 aromatic carbocycles. The molecule has 1 saturated heterocycles. The number of anilines is 1. The van der Waals surface area contributed by atoms with E-state index in [-0.39, 0.29) is 18.5 Å². The van der Waals surface area contributed by atoms with Gasteiger partial charge in [0.05, 0.1) is 12.2 Å². The Balaban J connectivity index is 0.00000112. The summed E-state index contributed by atoms with van der Waals surface area (Å²) in [7, 11) is 0. The number of cyclic esters (lactones) is 1. The van der Waals surface area contributed by atoms with Gasteiger partial charge in [0, 0.05) is 5.56 Å². The second-order valence-electron chi connectivity index (χ2n) is 2.94. The Kier molecular flexibility index (Phi) is 3.68. The quantitative estimate of drug-likeness (QED) is 0.725. The standard InChI is InChI=1S/C10H9NO3.ClH/c12-7-8-3-1-2-4-9(8)11-5-6-14-10(11)13;/h1-4,7H,5-6H2;1H. The maximum absolute atomic E-state index is 11.2. The van der Waals surface area contributed by atoms with Crippen molar-refractivity contribution in [1.82, 2.24) is 0 Å². The second kappa shape index (κ2) is 4.79. The number of para-hydroxylation sites is 1. The first kappa shape index (κ1) is 11.5. The number of rotatable bonds is 2. The summed E-state index contributed by atoms with van der Waals surface area (Å²) in [6.45, 7) is 0.885. The molecule has 0 radical (unpaired) electrons. The summed E-state index contributed by atoms with van der Waals surface area (Å²) in [4.78, 5) is 23.4. The summed E-state index contributed by atoms with van der Waals surface area (Å²) in [5.74, 6) is 0. The smallest absolute Gasteiger partial charge is 0.414 e. The van der Waals surface area contributed by atoms with Gasteiger partial charge in [-0.05, 0) is 12.1 Å². The second-order valence-corrected chi connectivity index (χ2v) is 2.94. The molecule has 0 aliphatic carbocycles. The van der Waals surface area contributed by atoms with Crippen molar-refractivity contribution in [2.45, 2.75) is 0 Å². The fourth-order valence-corrected chi connectivity index (χ4v) is 1.45. The monoisotopic (exact) mass is 227 g/mol. The van der Waals surface area contributed by atoms with Crippen molar-refractivity contribution < 1.29 is 14.3 Å². The third-order valence-electron chi connectivity index (χ3n) is 2.12. The van der Waals surface area contributed by atoms with Crippen LogP contribution in [0.4, 0.5) is 10.5 Å². The van der Waals surface area contributed by atoms with E-state index in [0.29, 0.717) is 24.4 Å². The highest BCUT2D eigenvalue weighted by atomic mass is 35.5. The van der Waals surface area contributed by atoms with Crippen LogP contribution in [0.15, 0.2) is 24.3 Å². The molecule has 1 fully saturated rings.